The number of nitriles is 1. The van der Waals surface area contributed by atoms with Gasteiger partial charge in [0.2, 0.25) is 0 Å². The Morgan fingerprint density at radius 2 is 1.93 bits per heavy atom. The van der Waals surface area contributed by atoms with E-state index < -0.39 is 15.8 Å². The van der Waals surface area contributed by atoms with Crippen molar-refractivity contribution in [1.82, 2.24) is 4.90 Å². The Balaban J connectivity index is 2.26. The summed E-state index contributed by atoms with van der Waals surface area (Å²) in [5.41, 5.74) is 0.426. The van der Waals surface area contributed by atoms with Crippen LogP contribution in [0.25, 0.3) is 0 Å². The van der Waals surface area contributed by atoms with Crippen molar-refractivity contribution < 1.29 is 17.6 Å². The van der Waals surface area contributed by atoms with Crippen LogP contribution in [0.4, 0.5) is 10.1 Å². The number of carbonyl (C=O) groups is 1. The first kappa shape index (κ1) is 20.4. The van der Waals surface area contributed by atoms with Crippen LogP contribution in [0.5, 0.6) is 0 Å². The molecule has 1 N–H and O–H groups in total. The summed E-state index contributed by atoms with van der Waals surface area (Å²) in [5.74, 6) is -1.16. The molecule has 8 heteroatoms. The van der Waals surface area contributed by atoms with Gasteiger partial charge in [0.25, 0.3) is 15.9 Å². The van der Waals surface area contributed by atoms with Gasteiger partial charge in [-0.1, -0.05) is 6.07 Å². The maximum absolute atomic E-state index is 13.0. The fraction of sp³-hybridized carbons (Fsp3) is 0.263. The highest BCUT2D eigenvalue weighted by atomic mass is 32.2. The first-order valence-corrected chi connectivity index (χ1v) is 9.82. The van der Waals surface area contributed by atoms with Crippen molar-refractivity contribution >= 4 is 21.6 Å². The molecule has 0 saturated carbocycles. The Morgan fingerprint density at radius 1 is 1.26 bits per heavy atom. The Bertz CT molecular complexity index is 953. The van der Waals surface area contributed by atoms with Crippen LogP contribution >= 0.6 is 0 Å². The topological polar surface area (TPSA) is 90.3 Å². The molecule has 0 aromatic heterocycles. The molecular weight excluding hydrogens is 369 g/mol. The van der Waals surface area contributed by atoms with Crippen LogP contribution in [0.3, 0.4) is 0 Å². The van der Waals surface area contributed by atoms with Crippen LogP contribution in [0.15, 0.2) is 53.4 Å². The molecule has 142 valence electrons. The van der Waals surface area contributed by atoms with E-state index in [4.69, 9.17) is 5.26 Å². The zero-order valence-corrected chi connectivity index (χ0v) is 15.8. The van der Waals surface area contributed by atoms with E-state index >= 15 is 0 Å². The maximum atomic E-state index is 13.0. The van der Waals surface area contributed by atoms with Gasteiger partial charge >= 0.3 is 0 Å². The van der Waals surface area contributed by atoms with E-state index in [2.05, 4.69) is 10.8 Å². The number of carbonyl (C=O) groups excluding carboxylic acids is 1. The minimum atomic E-state index is -3.94. The molecule has 0 saturated heterocycles. The number of hydrogen-bond donors (Lipinski definition) is 1. The third-order valence-corrected chi connectivity index (χ3v) is 5.25. The molecule has 6 nitrogen and oxygen atoms in total. The van der Waals surface area contributed by atoms with Crippen LogP contribution in [-0.4, -0.2) is 32.3 Å². The predicted molar refractivity (Wildman–Crippen MR) is 100 cm³/mol. The number of halogens is 1. The predicted octanol–water partition coefficient (Wildman–Crippen LogP) is 3.25. The van der Waals surface area contributed by atoms with Crippen molar-refractivity contribution in [2.75, 3.05) is 17.8 Å². The first-order valence-electron chi connectivity index (χ1n) is 8.34. The van der Waals surface area contributed by atoms with Gasteiger partial charge in [0.1, 0.15) is 5.82 Å². The number of anilines is 1. The molecule has 0 heterocycles. The van der Waals surface area contributed by atoms with Gasteiger partial charge in [-0.2, -0.15) is 5.26 Å². The average Bonchev–Trinajstić information content (AvgIpc) is 2.67. The van der Waals surface area contributed by atoms with Gasteiger partial charge in [-0.25, -0.2) is 12.8 Å². The normalized spacial score (nSPS) is 12.1. The number of sulfonamides is 1. The molecular formula is C19H20FN3O3S. The molecule has 0 fully saturated rings. The SMILES string of the molecule is CCN(CC(C)C#N)C(=O)c1cccc(S(=O)(=O)Nc2ccc(F)cc2)c1. The van der Waals surface area contributed by atoms with Gasteiger partial charge < -0.3 is 4.90 Å². The lowest BCUT2D eigenvalue weighted by molar-refractivity contribution is 0.0752. The minimum Gasteiger partial charge on any atom is -0.338 e. The summed E-state index contributed by atoms with van der Waals surface area (Å²) >= 11 is 0. The standard InChI is InChI=1S/C19H20FN3O3S/c1-3-23(13-14(2)12-21)19(24)15-5-4-6-18(11-15)27(25,26)22-17-9-7-16(20)8-10-17/h4-11,14,22H,3,13H2,1-2H3. The van der Waals surface area contributed by atoms with E-state index in [1.54, 1.807) is 13.8 Å². The van der Waals surface area contributed by atoms with Gasteiger partial charge in [-0.15, -0.1) is 0 Å². The molecule has 0 aliphatic heterocycles. The van der Waals surface area contributed by atoms with Crippen LogP contribution in [0, 0.1) is 23.1 Å². The lowest BCUT2D eigenvalue weighted by atomic mass is 10.1. The second-order valence-corrected chi connectivity index (χ2v) is 7.70. The van der Waals surface area contributed by atoms with Crippen LogP contribution in [0.1, 0.15) is 24.2 Å². The Hall–Kier alpha value is -2.92. The molecule has 0 radical (unpaired) electrons. The summed E-state index contributed by atoms with van der Waals surface area (Å²) in [4.78, 5) is 14.1. The van der Waals surface area contributed by atoms with Crippen LogP contribution in [-0.2, 0) is 10.0 Å². The zero-order chi connectivity index (χ0) is 20.0. The molecule has 1 amide bonds. The number of amides is 1. The Kier molecular flexibility index (Phi) is 6.53. The summed E-state index contributed by atoms with van der Waals surface area (Å²) < 4.78 is 40.4. The molecule has 0 aliphatic rings. The monoisotopic (exact) mass is 389 g/mol. The van der Waals surface area contributed by atoms with Gasteiger partial charge in [0.15, 0.2) is 0 Å². The number of benzene rings is 2. The summed E-state index contributed by atoms with van der Waals surface area (Å²) in [6.45, 7) is 4.16. The molecule has 2 aromatic carbocycles. The highest BCUT2D eigenvalue weighted by Crippen LogP contribution is 2.18. The molecule has 1 unspecified atom stereocenters. The Morgan fingerprint density at radius 3 is 2.52 bits per heavy atom. The van der Waals surface area contributed by atoms with Crippen molar-refractivity contribution in [3.8, 4) is 6.07 Å². The summed E-state index contributed by atoms with van der Waals surface area (Å²) in [7, 11) is -3.94. The third kappa shape index (κ3) is 5.28. The summed E-state index contributed by atoms with van der Waals surface area (Å²) in [6.07, 6.45) is 0. The summed E-state index contributed by atoms with van der Waals surface area (Å²) in [5, 5.41) is 8.94. The van der Waals surface area contributed by atoms with E-state index in [0.29, 0.717) is 6.54 Å². The highest BCUT2D eigenvalue weighted by Gasteiger charge is 2.20. The summed E-state index contributed by atoms with van der Waals surface area (Å²) in [6, 6.07) is 12.7. The van der Waals surface area contributed by atoms with Crippen molar-refractivity contribution in [1.29, 1.82) is 5.26 Å². The number of nitrogens with zero attached hydrogens (tertiary/aromatic N) is 2. The van der Waals surface area contributed by atoms with Crippen molar-refractivity contribution in [2.45, 2.75) is 18.7 Å². The van der Waals surface area contributed by atoms with E-state index in [1.165, 1.54) is 41.3 Å². The average molecular weight is 389 g/mol. The maximum Gasteiger partial charge on any atom is 0.261 e. The van der Waals surface area contributed by atoms with Gasteiger partial charge in [0.05, 0.1) is 16.9 Å². The minimum absolute atomic E-state index is 0.0814. The molecule has 1 atom stereocenters. The first-order chi connectivity index (χ1) is 12.8. The second kappa shape index (κ2) is 8.64. The van der Waals surface area contributed by atoms with Crippen molar-refractivity contribution in [3.05, 3.63) is 59.9 Å². The lowest BCUT2D eigenvalue weighted by Gasteiger charge is -2.22. The van der Waals surface area contributed by atoms with Gasteiger partial charge in [0, 0.05) is 24.3 Å². The number of hydrogen-bond acceptors (Lipinski definition) is 4. The van der Waals surface area contributed by atoms with E-state index in [9.17, 15) is 17.6 Å². The fourth-order valence-electron chi connectivity index (χ4n) is 2.44. The van der Waals surface area contributed by atoms with Crippen LogP contribution in [0.2, 0.25) is 0 Å². The van der Waals surface area contributed by atoms with Gasteiger partial charge in [-0.05, 0) is 56.3 Å². The number of rotatable bonds is 7. The second-order valence-electron chi connectivity index (χ2n) is 6.01. The molecule has 0 bridgehead atoms. The smallest absolute Gasteiger partial charge is 0.261 e. The van der Waals surface area contributed by atoms with Crippen molar-refractivity contribution in [3.63, 3.8) is 0 Å². The fourth-order valence-corrected chi connectivity index (χ4v) is 3.54. The molecule has 2 aromatic rings. The molecule has 0 aliphatic carbocycles. The quantitative estimate of drug-likeness (QED) is 0.787. The zero-order valence-electron chi connectivity index (χ0n) is 15.0. The highest BCUT2D eigenvalue weighted by molar-refractivity contribution is 7.92. The number of nitrogens with one attached hydrogen (secondary N) is 1. The molecule has 2 rings (SSSR count). The van der Waals surface area contributed by atoms with Crippen molar-refractivity contribution in [2.24, 2.45) is 5.92 Å². The molecule has 0 spiro atoms. The lowest BCUT2D eigenvalue weighted by Crippen LogP contribution is -2.34. The van der Waals surface area contributed by atoms with E-state index in [-0.39, 0.29) is 34.5 Å². The largest absolute Gasteiger partial charge is 0.338 e. The van der Waals surface area contributed by atoms with Crippen LogP contribution < -0.4 is 4.72 Å². The third-order valence-electron chi connectivity index (χ3n) is 3.87. The van der Waals surface area contributed by atoms with E-state index in [0.717, 1.165) is 12.1 Å². The molecule has 27 heavy (non-hydrogen) atoms. The Labute approximate surface area is 158 Å². The van der Waals surface area contributed by atoms with Gasteiger partial charge in [-0.3, -0.25) is 9.52 Å². The van der Waals surface area contributed by atoms with E-state index in [1.807, 2.05) is 0 Å².